The Morgan fingerprint density at radius 2 is 1.67 bits per heavy atom. The lowest BCUT2D eigenvalue weighted by atomic mass is 9.81. The molecule has 0 bridgehead atoms. The number of halogens is 2. The average molecular weight is 786 g/mol. The molecule has 1 aliphatic rings. The number of carbonyl (C=O) groups is 4. The number of ether oxygens (including phenoxy) is 1. The molecule has 0 spiro atoms. The van der Waals surface area contributed by atoms with Crippen molar-refractivity contribution in [3.8, 4) is 0 Å². The van der Waals surface area contributed by atoms with Gasteiger partial charge in [-0.15, -0.1) is 0 Å². The minimum atomic E-state index is -1.11. The lowest BCUT2D eigenvalue weighted by molar-refractivity contribution is -0.130. The highest BCUT2D eigenvalue weighted by Crippen LogP contribution is 2.30. The second-order valence-corrected chi connectivity index (χ2v) is 15.9. The van der Waals surface area contributed by atoms with Gasteiger partial charge >= 0.3 is 6.09 Å². The molecule has 1 aromatic heterocycles. The number of carbonyl (C=O) groups excluding carboxylic acids is 4. The summed E-state index contributed by atoms with van der Waals surface area (Å²) in [5.74, 6) is -1.73. The predicted molar refractivity (Wildman–Crippen MR) is 210 cm³/mol. The topological polar surface area (TPSA) is 166 Å². The van der Waals surface area contributed by atoms with E-state index in [1.54, 1.807) is 89.5 Å². The van der Waals surface area contributed by atoms with Crippen LogP contribution >= 0.6 is 23.2 Å². The van der Waals surface area contributed by atoms with Gasteiger partial charge in [0, 0.05) is 37.0 Å². The average Bonchev–Trinajstić information content (AvgIpc) is 3.65. The first kappa shape index (κ1) is 42.6. The molecule has 14 heteroatoms. The van der Waals surface area contributed by atoms with E-state index in [4.69, 9.17) is 27.9 Å². The fourth-order valence-electron chi connectivity index (χ4n) is 6.89. The van der Waals surface area contributed by atoms with Crippen molar-refractivity contribution in [3.63, 3.8) is 0 Å². The molecule has 0 aliphatic heterocycles. The Labute approximate surface area is 328 Å². The molecule has 0 saturated heterocycles. The van der Waals surface area contributed by atoms with Crippen molar-refractivity contribution in [1.29, 1.82) is 0 Å². The van der Waals surface area contributed by atoms with Crippen LogP contribution in [0.25, 0.3) is 0 Å². The number of amides is 4. The van der Waals surface area contributed by atoms with Gasteiger partial charge in [-0.3, -0.25) is 19.3 Å². The number of aromatic amines is 1. The van der Waals surface area contributed by atoms with E-state index in [0.717, 1.165) is 37.7 Å². The Morgan fingerprint density at radius 1 is 0.963 bits per heavy atom. The second-order valence-electron chi connectivity index (χ2n) is 15.1. The van der Waals surface area contributed by atoms with Crippen LogP contribution in [0.4, 0.5) is 10.5 Å². The van der Waals surface area contributed by atoms with E-state index in [0.29, 0.717) is 34.3 Å². The third-order valence-electron chi connectivity index (χ3n) is 9.72. The first-order valence-electron chi connectivity index (χ1n) is 18.6. The Hall–Kier alpha value is -4.13. The van der Waals surface area contributed by atoms with Gasteiger partial charge < -0.3 is 30.8 Å². The number of nitrogens with zero attached hydrogens (tertiary/aromatic N) is 2. The summed E-state index contributed by atoms with van der Waals surface area (Å²) in [7, 11) is 1.54. The van der Waals surface area contributed by atoms with Crippen LogP contribution in [0.15, 0.2) is 61.1 Å². The molecular weight excluding hydrogens is 731 g/mol. The summed E-state index contributed by atoms with van der Waals surface area (Å²) in [6.07, 6.45) is 7.36. The van der Waals surface area contributed by atoms with Crippen molar-refractivity contribution < 1.29 is 29.0 Å². The molecular formula is C40H54Cl2N6O6. The van der Waals surface area contributed by atoms with Crippen LogP contribution in [0.3, 0.4) is 0 Å². The number of para-hydroxylation sites is 1. The first-order chi connectivity index (χ1) is 25.6. The van der Waals surface area contributed by atoms with Gasteiger partial charge in [-0.05, 0) is 82.7 Å². The highest BCUT2D eigenvalue weighted by Gasteiger charge is 2.36. The predicted octanol–water partition coefficient (Wildman–Crippen LogP) is 6.39. The fraction of sp³-hybridized carbons (Fsp3) is 0.525. The quantitative estimate of drug-likeness (QED) is 0.112. The van der Waals surface area contributed by atoms with E-state index >= 15 is 0 Å². The first-order valence-corrected chi connectivity index (χ1v) is 19.4. The number of aliphatic hydroxyl groups is 1. The van der Waals surface area contributed by atoms with Gasteiger partial charge in [0.1, 0.15) is 17.7 Å². The monoisotopic (exact) mass is 784 g/mol. The summed E-state index contributed by atoms with van der Waals surface area (Å²) >= 11 is 12.4. The van der Waals surface area contributed by atoms with Gasteiger partial charge in [0.2, 0.25) is 17.7 Å². The Morgan fingerprint density at radius 3 is 2.28 bits per heavy atom. The summed E-state index contributed by atoms with van der Waals surface area (Å²) in [6.45, 7) is 6.80. The van der Waals surface area contributed by atoms with Crippen molar-refractivity contribution in [2.75, 3.05) is 11.9 Å². The molecule has 2 aromatic carbocycles. The van der Waals surface area contributed by atoms with Gasteiger partial charge in [0.15, 0.2) is 0 Å². The molecule has 4 amide bonds. The van der Waals surface area contributed by atoms with Gasteiger partial charge in [-0.2, -0.15) is 0 Å². The largest absolute Gasteiger partial charge is 0.443 e. The molecule has 4 rings (SSSR count). The zero-order valence-electron chi connectivity index (χ0n) is 31.7. The van der Waals surface area contributed by atoms with Crippen molar-refractivity contribution >= 4 is 52.7 Å². The van der Waals surface area contributed by atoms with Crippen LogP contribution in [0.2, 0.25) is 10.0 Å². The van der Waals surface area contributed by atoms with Gasteiger partial charge in [0.25, 0.3) is 0 Å². The molecule has 294 valence electrons. The number of hydrogen-bond acceptors (Lipinski definition) is 7. The minimum Gasteiger partial charge on any atom is -0.443 e. The highest BCUT2D eigenvalue weighted by atomic mass is 35.5. The van der Waals surface area contributed by atoms with Gasteiger partial charge in [-0.25, -0.2) is 9.78 Å². The molecule has 12 nitrogen and oxygen atoms in total. The summed E-state index contributed by atoms with van der Waals surface area (Å²) in [4.78, 5) is 63.2. The van der Waals surface area contributed by atoms with Crippen molar-refractivity contribution in [2.45, 2.75) is 115 Å². The molecule has 1 aliphatic carbocycles. The van der Waals surface area contributed by atoms with E-state index in [2.05, 4.69) is 25.9 Å². The highest BCUT2D eigenvalue weighted by molar-refractivity contribution is 6.42. The molecule has 0 radical (unpaired) electrons. The van der Waals surface area contributed by atoms with Crippen LogP contribution in [0, 0.1) is 11.8 Å². The number of nitrogens with one attached hydrogen (secondary N) is 4. The smallest absolute Gasteiger partial charge is 0.415 e. The van der Waals surface area contributed by atoms with E-state index in [9.17, 15) is 24.3 Å². The maximum Gasteiger partial charge on any atom is 0.415 e. The van der Waals surface area contributed by atoms with Crippen LogP contribution in [-0.4, -0.2) is 75.8 Å². The second kappa shape index (κ2) is 20.0. The van der Waals surface area contributed by atoms with Crippen LogP contribution < -0.4 is 20.9 Å². The van der Waals surface area contributed by atoms with Crippen molar-refractivity contribution in [1.82, 2.24) is 25.9 Å². The minimum absolute atomic E-state index is 0.0620. The van der Waals surface area contributed by atoms with E-state index in [1.165, 1.54) is 11.2 Å². The number of imidazole rings is 1. The standard InChI is InChI=1S/C40H54Cl2N6O6/c1-25(48(30-14-10-7-11-15-30)39(53)54-40(2,3)4)36(50)47-34(22-29-23-44-24-45-29)38(52)46-33(20-26-12-8-6-9-13-26)35(49)21-28(37(51)43-5)18-27-16-17-31(41)32(42)19-27/h7,10-11,14-17,19,23-26,28,33-35,49H,6,8-9,12-13,18,20-22H2,1-5H3,(H,43,51)(H,44,45)(H,46,52)(H,47,50)/t25?,28-,33+,34?,35+/m1/s1. The van der Waals surface area contributed by atoms with E-state index < -0.39 is 53.7 Å². The number of hydrogen-bond donors (Lipinski definition) is 5. The third-order valence-corrected chi connectivity index (χ3v) is 10.5. The lowest BCUT2D eigenvalue weighted by Crippen LogP contribution is -2.57. The normalized spacial score (nSPS) is 16.3. The number of anilines is 1. The zero-order valence-corrected chi connectivity index (χ0v) is 33.3. The van der Waals surface area contributed by atoms with Gasteiger partial charge in [0.05, 0.1) is 28.5 Å². The summed E-state index contributed by atoms with van der Waals surface area (Å²) in [5, 5.41) is 21.2. The fourth-order valence-corrected chi connectivity index (χ4v) is 7.21. The number of rotatable bonds is 16. The maximum atomic E-state index is 14.3. The molecule has 5 N–H and O–H groups in total. The van der Waals surface area contributed by atoms with Crippen LogP contribution in [-0.2, 0) is 32.0 Å². The summed E-state index contributed by atoms with van der Waals surface area (Å²) < 4.78 is 5.67. The number of benzene rings is 2. The third kappa shape index (κ3) is 12.7. The SMILES string of the molecule is CNC(=O)[C@H](Cc1ccc(Cl)c(Cl)c1)C[C@H](O)[C@H](CC1CCCCC1)NC(=O)C(Cc1cnc[nH]1)NC(=O)C(C)N(C(=O)OC(C)(C)C)c1ccccc1. The summed E-state index contributed by atoms with van der Waals surface area (Å²) in [5.41, 5.74) is 1.01. The van der Waals surface area contributed by atoms with Crippen LogP contribution in [0.1, 0.15) is 83.9 Å². The number of H-pyrrole nitrogens is 1. The van der Waals surface area contributed by atoms with E-state index in [-0.39, 0.29) is 24.7 Å². The lowest BCUT2D eigenvalue weighted by Gasteiger charge is -2.33. The molecule has 5 atom stereocenters. The Balaban J connectivity index is 1.59. The van der Waals surface area contributed by atoms with Crippen molar-refractivity contribution in [2.24, 2.45) is 11.8 Å². The Kier molecular flexibility index (Phi) is 15.8. The molecule has 2 unspecified atom stereocenters. The van der Waals surface area contributed by atoms with Gasteiger partial charge in [-0.1, -0.05) is 79.6 Å². The number of aromatic nitrogens is 2. The molecule has 1 heterocycles. The molecule has 1 saturated carbocycles. The number of aliphatic hydroxyl groups excluding tert-OH is 1. The molecule has 3 aromatic rings. The van der Waals surface area contributed by atoms with Crippen LogP contribution in [0.5, 0.6) is 0 Å². The summed E-state index contributed by atoms with van der Waals surface area (Å²) in [6, 6.07) is 11.0. The van der Waals surface area contributed by atoms with E-state index in [1.807, 2.05) is 0 Å². The molecule has 54 heavy (non-hydrogen) atoms. The van der Waals surface area contributed by atoms with Crippen molar-refractivity contribution in [3.05, 3.63) is 82.4 Å². The zero-order chi connectivity index (χ0) is 39.4. The molecule has 1 fully saturated rings. The maximum absolute atomic E-state index is 14.3. The Bertz CT molecular complexity index is 1680.